The van der Waals surface area contributed by atoms with Crippen molar-refractivity contribution in [1.82, 2.24) is 4.98 Å². The highest BCUT2D eigenvalue weighted by molar-refractivity contribution is 6.04. The summed E-state index contributed by atoms with van der Waals surface area (Å²) in [4.78, 5) is 14.5. The van der Waals surface area contributed by atoms with Crippen LogP contribution in [0.1, 0.15) is 46.9 Å². The molecule has 3 nitrogen and oxygen atoms in total. The van der Waals surface area contributed by atoms with Gasteiger partial charge in [0.15, 0.2) is 0 Å². The van der Waals surface area contributed by atoms with Crippen LogP contribution in [0, 0.1) is 13.8 Å². The molecule has 2 N–H and O–H groups in total. The monoisotopic (exact) mass is 231 g/mol. The van der Waals surface area contributed by atoms with Gasteiger partial charge in [0.1, 0.15) is 0 Å². The van der Waals surface area contributed by atoms with Crippen molar-refractivity contribution >= 4 is 16.9 Å². The molecule has 0 fully saturated rings. The molecule has 0 aliphatic heterocycles. The summed E-state index contributed by atoms with van der Waals surface area (Å²) in [6.07, 6.45) is 0. The zero-order chi connectivity index (χ0) is 12.7. The Morgan fingerprint density at radius 1 is 1.29 bits per heavy atom. The molecule has 3 heteroatoms. The molecule has 17 heavy (non-hydrogen) atoms. The molecule has 0 aliphatic rings. The number of H-pyrrole nitrogens is 1. The van der Waals surface area contributed by atoms with Gasteiger partial charge >= 0.3 is 5.97 Å². The van der Waals surface area contributed by atoms with Gasteiger partial charge in [0.25, 0.3) is 0 Å². The number of fused-ring (bicyclic) bond motifs is 1. The molecule has 0 unspecified atom stereocenters. The molecule has 2 rings (SSSR count). The van der Waals surface area contributed by atoms with E-state index in [1.54, 1.807) is 0 Å². The number of aryl methyl sites for hydroxylation is 2. The Kier molecular flexibility index (Phi) is 2.69. The third kappa shape index (κ3) is 1.71. The van der Waals surface area contributed by atoms with Crippen molar-refractivity contribution in [2.75, 3.05) is 0 Å². The standard InChI is InChI=1S/C14H17NO2/c1-7(2)11-9(4)15-13-10(11)6-5-8(3)12(13)14(16)17/h5-7,15H,1-4H3,(H,16,17). The van der Waals surface area contributed by atoms with Gasteiger partial charge in [0.05, 0.1) is 11.1 Å². The third-order valence-electron chi connectivity index (χ3n) is 3.21. The van der Waals surface area contributed by atoms with E-state index in [1.807, 2.05) is 26.0 Å². The van der Waals surface area contributed by atoms with Crippen LogP contribution in [-0.4, -0.2) is 16.1 Å². The molecule has 1 heterocycles. The van der Waals surface area contributed by atoms with Crippen molar-refractivity contribution in [2.24, 2.45) is 0 Å². The Hall–Kier alpha value is -1.77. The number of carboxylic acid groups (broad SMARTS) is 1. The third-order valence-corrected chi connectivity index (χ3v) is 3.21. The molecule has 0 amide bonds. The van der Waals surface area contributed by atoms with E-state index in [-0.39, 0.29) is 0 Å². The van der Waals surface area contributed by atoms with Crippen molar-refractivity contribution in [3.63, 3.8) is 0 Å². The number of hydrogen-bond acceptors (Lipinski definition) is 1. The van der Waals surface area contributed by atoms with Crippen LogP contribution in [0.5, 0.6) is 0 Å². The predicted molar refractivity (Wildman–Crippen MR) is 68.8 cm³/mol. The number of carboxylic acids is 1. The molecule has 0 aliphatic carbocycles. The summed E-state index contributed by atoms with van der Waals surface area (Å²) in [6.45, 7) is 8.07. The number of carbonyl (C=O) groups is 1. The molecule has 90 valence electrons. The van der Waals surface area contributed by atoms with E-state index >= 15 is 0 Å². The van der Waals surface area contributed by atoms with Crippen LogP contribution in [0.4, 0.5) is 0 Å². The Morgan fingerprint density at radius 3 is 2.47 bits per heavy atom. The Labute approximate surface area is 100 Å². The fourth-order valence-corrected chi connectivity index (χ4v) is 2.54. The van der Waals surface area contributed by atoms with Crippen molar-refractivity contribution in [3.05, 3.63) is 34.5 Å². The Balaban J connectivity index is 2.89. The van der Waals surface area contributed by atoms with Crippen molar-refractivity contribution < 1.29 is 9.90 Å². The maximum absolute atomic E-state index is 11.3. The first-order chi connectivity index (χ1) is 7.93. The maximum Gasteiger partial charge on any atom is 0.338 e. The Morgan fingerprint density at radius 2 is 1.94 bits per heavy atom. The summed E-state index contributed by atoms with van der Waals surface area (Å²) in [5.41, 5.74) is 4.20. The summed E-state index contributed by atoms with van der Waals surface area (Å²) in [5.74, 6) is -0.488. The van der Waals surface area contributed by atoms with Crippen LogP contribution in [0.2, 0.25) is 0 Å². The summed E-state index contributed by atoms with van der Waals surface area (Å²) >= 11 is 0. The fourth-order valence-electron chi connectivity index (χ4n) is 2.54. The van der Waals surface area contributed by atoms with Gasteiger partial charge < -0.3 is 10.1 Å². The molecule has 0 radical (unpaired) electrons. The van der Waals surface area contributed by atoms with Gasteiger partial charge in [0, 0.05) is 11.1 Å². The number of aromatic carboxylic acids is 1. The first kappa shape index (κ1) is 11.7. The van der Waals surface area contributed by atoms with Crippen LogP contribution in [0.15, 0.2) is 12.1 Å². The largest absolute Gasteiger partial charge is 0.478 e. The van der Waals surface area contributed by atoms with Gasteiger partial charge in [-0.2, -0.15) is 0 Å². The molecule has 0 spiro atoms. The predicted octanol–water partition coefficient (Wildman–Crippen LogP) is 3.61. The molecule has 2 aromatic rings. The average molecular weight is 231 g/mol. The molecule has 1 aromatic carbocycles. The van der Waals surface area contributed by atoms with E-state index in [1.165, 1.54) is 5.56 Å². The first-order valence-corrected chi connectivity index (χ1v) is 5.78. The summed E-state index contributed by atoms with van der Waals surface area (Å²) in [6, 6.07) is 3.89. The zero-order valence-corrected chi connectivity index (χ0v) is 10.6. The van der Waals surface area contributed by atoms with Crippen molar-refractivity contribution in [1.29, 1.82) is 0 Å². The second-order valence-corrected chi connectivity index (χ2v) is 4.80. The van der Waals surface area contributed by atoms with Crippen LogP contribution in [0.3, 0.4) is 0 Å². The van der Waals surface area contributed by atoms with Crippen LogP contribution >= 0.6 is 0 Å². The van der Waals surface area contributed by atoms with E-state index < -0.39 is 5.97 Å². The zero-order valence-electron chi connectivity index (χ0n) is 10.6. The minimum atomic E-state index is -0.871. The molecule has 0 bridgehead atoms. The molecule has 0 atom stereocenters. The number of nitrogens with one attached hydrogen (secondary N) is 1. The minimum Gasteiger partial charge on any atom is -0.478 e. The highest BCUT2D eigenvalue weighted by atomic mass is 16.4. The van der Waals surface area contributed by atoms with Crippen LogP contribution < -0.4 is 0 Å². The molecule has 0 saturated heterocycles. The highest BCUT2D eigenvalue weighted by Gasteiger charge is 2.18. The number of hydrogen-bond donors (Lipinski definition) is 2. The van der Waals surface area contributed by atoms with Gasteiger partial charge in [-0.25, -0.2) is 4.79 Å². The smallest absolute Gasteiger partial charge is 0.338 e. The van der Waals surface area contributed by atoms with E-state index in [4.69, 9.17) is 0 Å². The lowest BCUT2D eigenvalue weighted by atomic mass is 9.97. The van der Waals surface area contributed by atoms with Gasteiger partial charge in [-0.1, -0.05) is 26.0 Å². The van der Waals surface area contributed by atoms with Crippen LogP contribution in [0.25, 0.3) is 10.9 Å². The normalized spacial score (nSPS) is 11.4. The lowest BCUT2D eigenvalue weighted by molar-refractivity contribution is 0.0698. The van der Waals surface area contributed by atoms with Gasteiger partial charge in [-0.05, 0) is 30.9 Å². The minimum absolute atomic E-state index is 0.383. The lowest BCUT2D eigenvalue weighted by Crippen LogP contribution is -2.00. The highest BCUT2D eigenvalue weighted by Crippen LogP contribution is 2.31. The number of aromatic amines is 1. The summed E-state index contributed by atoms with van der Waals surface area (Å²) in [5, 5.41) is 10.3. The van der Waals surface area contributed by atoms with E-state index in [0.717, 1.165) is 22.2 Å². The number of aromatic nitrogens is 1. The SMILES string of the molecule is Cc1ccc2c(C(C)C)c(C)[nH]c2c1C(=O)O. The van der Waals surface area contributed by atoms with Crippen LogP contribution in [-0.2, 0) is 0 Å². The van der Waals surface area contributed by atoms with E-state index in [2.05, 4.69) is 18.8 Å². The quantitative estimate of drug-likeness (QED) is 0.829. The summed E-state index contributed by atoms with van der Waals surface area (Å²) < 4.78 is 0. The second kappa shape index (κ2) is 3.91. The van der Waals surface area contributed by atoms with Crippen molar-refractivity contribution in [2.45, 2.75) is 33.6 Å². The second-order valence-electron chi connectivity index (χ2n) is 4.80. The first-order valence-electron chi connectivity index (χ1n) is 5.78. The number of benzene rings is 1. The molecule has 0 saturated carbocycles. The molecule has 1 aromatic heterocycles. The van der Waals surface area contributed by atoms with E-state index in [0.29, 0.717) is 11.5 Å². The Bertz CT molecular complexity index is 594. The molecular weight excluding hydrogens is 214 g/mol. The lowest BCUT2D eigenvalue weighted by Gasteiger charge is -2.06. The van der Waals surface area contributed by atoms with Gasteiger partial charge in [-0.15, -0.1) is 0 Å². The summed E-state index contributed by atoms with van der Waals surface area (Å²) in [7, 11) is 0. The topological polar surface area (TPSA) is 53.1 Å². The molecular formula is C14H17NO2. The van der Waals surface area contributed by atoms with Gasteiger partial charge in [-0.3, -0.25) is 0 Å². The number of rotatable bonds is 2. The maximum atomic E-state index is 11.3. The van der Waals surface area contributed by atoms with Crippen molar-refractivity contribution in [3.8, 4) is 0 Å². The fraction of sp³-hybridized carbons (Fsp3) is 0.357. The van der Waals surface area contributed by atoms with Gasteiger partial charge in [0.2, 0.25) is 0 Å². The average Bonchev–Trinajstić information content (AvgIpc) is 2.52. The van der Waals surface area contributed by atoms with E-state index in [9.17, 15) is 9.90 Å².